The molecular formula is C18H26N6O2. The number of hydrogen-bond acceptors (Lipinski definition) is 6. The van der Waals surface area contributed by atoms with Crippen molar-refractivity contribution in [3.05, 3.63) is 12.0 Å². The Morgan fingerprint density at radius 2 is 1.92 bits per heavy atom. The first-order valence-electron chi connectivity index (χ1n) is 9.38. The fourth-order valence-electron chi connectivity index (χ4n) is 3.89. The molecule has 0 spiro atoms. The Balaban J connectivity index is 1.40. The van der Waals surface area contributed by atoms with Crippen molar-refractivity contribution >= 4 is 22.8 Å². The van der Waals surface area contributed by atoms with Crippen molar-refractivity contribution < 1.29 is 9.53 Å². The highest BCUT2D eigenvalue weighted by molar-refractivity contribution is 5.87. The van der Waals surface area contributed by atoms with Crippen molar-refractivity contribution in [2.24, 2.45) is 13.0 Å². The Kier molecular flexibility index (Phi) is 4.76. The Morgan fingerprint density at radius 3 is 2.65 bits per heavy atom. The van der Waals surface area contributed by atoms with E-state index in [0.29, 0.717) is 25.6 Å². The van der Waals surface area contributed by atoms with E-state index in [9.17, 15) is 4.79 Å². The fraction of sp³-hybridized carbons (Fsp3) is 0.667. The minimum atomic E-state index is 0.277. The lowest BCUT2D eigenvalue weighted by atomic mass is 9.93. The van der Waals surface area contributed by atoms with Gasteiger partial charge in [-0.3, -0.25) is 9.48 Å². The molecule has 0 atom stereocenters. The molecule has 26 heavy (non-hydrogen) atoms. The molecule has 2 aliphatic heterocycles. The van der Waals surface area contributed by atoms with Gasteiger partial charge in [0.2, 0.25) is 5.91 Å². The summed E-state index contributed by atoms with van der Waals surface area (Å²) in [6.45, 7) is 6.55. The number of carbonyl (C=O) groups is 1. The van der Waals surface area contributed by atoms with E-state index < -0.39 is 0 Å². The van der Waals surface area contributed by atoms with Crippen LogP contribution in [0.15, 0.2) is 6.20 Å². The maximum atomic E-state index is 12.5. The number of nitrogens with zero attached hydrogens (tertiary/aromatic N) is 6. The summed E-state index contributed by atoms with van der Waals surface area (Å²) in [7, 11) is 1.90. The quantitative estimate of drug-likeness (QED) is 0.819. The molecule has 0 radical (unpaired) electrons. The summed E-state index contributed by atoms with van der Waals surface area (Å²) in [6, 6.07) is 0. The van der Waals surface area contributed by atoms with Crippen LogP contribution < -0.4 is 4.90 Å². The van der Waals surface area contributed by atoms with Crippen LogP contribution in [-0.4, -0.2) is 69.9 Å². The third-order valence-electron chi connectivity index (χ3n) is 5.42. The molecule has 8 nitrogen and oxygen atoms in total. The maximum absolute atomic E-state index is 12.5. The van der Waals surface area contributed by atoms with Crippen molar-refractivity contribution in [3.8, 4) is 0 Å². The lowest BCUT2D eigenvalue weighted by Crippen LogP contribution is -2.42. The van der Waals surface area contributed by atoms with Crippen LogP contribution in [0.4, 0.5) is 5.82 Å². The van der Waals surface area contributed by atoms with Gasteiger partial charge in [0.05, 0.1) is 24.8 Å². The number of aryl methyl sites for hydroxylation is 2. The van der Waals surface area contributed by atoms with Crippen LogP contribution >= 0.6 is 0 Å². The number of ether oxygens (including phenoxy) is 1. The van der Waals surface area contributed by atoms with Gasteiger partial charge in [-0.2, -0.15) is 5.10 Å². The van der Waals surface area contributed by atoms with Gasteiger partial charge in [0.1, 0.15) is 11.6 Å². The summed E-state index contributed by atoms with van der Waals surface area (Å²) >= 11 is 0. The maximum Gasteiger partial charge on any atom is 0.223 e. The molecule has 2 aliphatic rings. The zero-order valence-electron chi connectivity index (χ0n) is 15.5. The Bertz CT molecular complexity index is 790. The van der Waals surface area contributed by atoms with Crippen LogP contribution in [-0.2, 0) is 16.6 Å². The molecule has 8 heteroatoms. The van der Waals surface area contributed by atoms with E-state index >= 15 is 0 Å². The molecule has 0 bridgehead atoms. The van der Waals surface area contributed by atoms with Crippen molar-refractivity contribution in [3.63, 3.8) is 0 Å². The average Bonchev–Trinajstić information content (AvgIpc) is 3.03. The van der Waals surface area contributed by atoms with Crippen molar-refractivity contribution in [1.29, 1.82) is 0 Å². The number of carbonyl (C=O) groups excluding carboxylic acids is 1. The Labute approximate surface area is 153 Å². The molecule has 0 aromatic carbocycles. The first-order valence-corrected chi connectivity index (χ1v) is 9.38. The molecule has 2 saturated heterocycles. The minimum Gasteiger partial charge on any atom is -0.378 e. The molecule has 0 unspecified atom stereocenters. The number of aromatic nitrogens is 4. The zero-order valence-corrected chi connectivity index (χ0v) is 15.5. The highest BCUT2D eigenvalue weighted by atomic mass is 16.5. The van der Waals surface area contributed by atoms with Crippen molar-refractivity contribution in [1.82, 2.24) is 24.6 Å². The summed E-state index contributed by atoms with van der Waals surface area (Å²) in [4.78, 5) is 25.9. The number of piperidine rings is 1. The second kappa shape index (κ2) is 7.19. The second-order valence-electron chi connectivity index (χ2n) is 7.23. The topological polar surface area (TPSA) is 76.4 Å². The van der Waals surface area contributed by atoms with E-state index in [1.54, 1.807) is 4.68 Å². The summed E-state index contributed by atoms with van der Waals surface area (Å²) in [5.74, 6) is 2.47. The molecule has 1 amide bonds. The van der Waals surface area contributed by atoms with E-state index in [0.717, 1.165) is 61.7 Å². The van der Waals surface area contributed by atoms with Gasteiger partial charge in [0.25, 0.3) is 0 Å². The molecular weight excluding hydrogens is 332 g/mol. The van der Waals surface area contributed by atoms with E-state index in [-0.39, 0.29) is 5.91 Å². The van der Waals surface area contributed by atoms with Gasteiger partial charge in [0.15, 0.2) is 5.65 Å². The standard InChI is InChI=1S/C18H26N6O2/c1-13-20-17-15(12-19-22(17)2)18(21-13)24-5-3-14(4-6-24)11-16(25)23-7-9-26-10-8-23/h12,14H,3-11H2,1-2H3. The second-order valence-corrected chi connectivity index (χ2v) is 7.23. The zero-order chi connectivity index (χ0) is 18.1. The van der Waals surface area contributed by atoms with Crippen LogP contribution in [0.3, 0.4) is 0 Å². The van der Waals surface area contributed by atoms with E-state index in [4.69, 9.17) is 4.74 Å². The van der Waals surface area contributed by atoms with Gasteiger partial charge in [-0.15, -0.1) is 0 Å². The average molecular weight is 358 g/mol. The summed E-state index contributed by atoms with van der Waals surface area (Å²) < 4.78 is 7.12. The molecule has 2 aromatic rings. The number of anilines is 1. The fourth-order valence-corrected chi connectivity index (χ4v) is 3.89. The first kappa shape index (κ1) is 17.2. The van der Waals surface area contributed by atoms with Gasteiger partial charge in [-0.05, 0) is 25.7 Å². The Morgan fingerprint density at radius 1 is 1.19 bits per heavy atom. The van der Waals surface area contributed by atoms with E-state index in [2.05, 4.69) is 20.0 Å². The van der Waals surface area contributed by atoms with Crippen LogP contribution in [0.25, 0.3) is 11.0 Å². The van der Waals surface area contributed by atoms with Gasteiger partial charge >= 0.3 is 0 Å². The first-order chi connectivity index (χ1) is 12.6. The molecule has 140 valence electrons. The molecule has 4 heterocycles. The largest absolute Gasteiger partial charge is 0.378 e. The van der Waals surface area contributed by atoms with E-state index in [1.165, 1.54) is 0 Å². The molecule has 4 rings (SSSR count). The third-order valence-corrected chi connectivity index (χ3v) is 5.42. The molecule has 2 fully saturated rings. The summed E-state index contributed by atoms with van der Waals surface area (Å²) in [6.07, 6.45) is 4.53. The number of rotatable bonds is 3. The summed E-state index contributed by atoms with van der Waals surface area (Å²) in [5.41, 5.74) is 0.872. The van der Waals surface area contributed by atoms with Gasteiger partial charge in [-0.1, -0.05) is 0 Å². The van der Waals surface area contributed by atoms with Gasteiger partial charge in [-0.25, -0.2) is 9.97 Å². The van der Waals surface area contributed by atoms with Crippen LogP contribution in [0.2, 0.25) is 0 Å². The van der Waals surface area contributed by atoms with Crippen molar-refractivity contribution in [2.45, 2.75) is 26.2 Å². The van der Waals surface area contributed by atoms with Crippen LogP contribution in [0, 0.1) is 12.8 Å². The summed E-state index contributed by atoms with van der Waals surface area (Å²) in [5, 5.41) is 5.33. The smallest absolute Gasteiger partial charge is 0.223 e. The normalized spacial score (nSPS) is 19.3. The molecule has 0 N–H and O–H groups in total. The monoisotopic (exact) mass is 358 g/mol. The number of fused-ring (bicyclic) bond motifs is 1. The molecule has 0 saturated carbocycles. The van der Waals surface area contributed by atoms with Crippen LogP contribution in [0.5, 0.6) is 0 Å². The van der Waals surface area contributed by atoms with Gasteiger partial charge < -0.3 is 14.5 Å². The lowest BCUT2D eigenvalue weighted by molar-refractivity contribution is -0.136. The number of hydrogen-bond donors (Lipinski definition) is 0. The predicted molar refractivity (Wildman–Crippen MR) is 98.0 cm³/mol. The van der Waals surface area contributed by atoms with Gasteiger partial charge in [0, 0.05) is 39.6 Å². The van der Waals surface area contributed by atoms with Crippen molar-refractivity contribution in [2.75, 3.05) is 44.3 Å². The number of amides is 1. The highest BCUT2D eigenvalue weighted by Crippen LogP contribution is 2.29. The Hall–Kier alpha value is -2.22. The molecule has 2 aromatic heterocycles. The number of morpholine rings is 1. The third kappa shape index (κ3) is 3.38. The SMILES string of the molecule is Cc1nc(N2CCC(CC(=O)N3CCOCC3)CC2)c2cnn(C)c2n1. The molecule has 0 aliphatic carbocycles. The minimum absolute atomic E-state index is 0.277. The van der Waals surface area contributed by atoms with Crippen LogP contribution in [0.1, 0.15) is 25.1 Å². The predicted octanol–water partition coefficient (Wildman–Crippen LogP) is 1.14. The lowest BCUT2D eigenvalue weighted by Gasteiger charge is -2.34. The highest BCUT2D eigenvalue weighted by Gasteiger charge is 2.26. The van der Waals surface area contributed by atoms with E-state index in [1.807, 2.05) is 25.1 Å².